The minimum absolute atomic E-state index is 0.139. The van der Waals surface area contributed by atoms with Crippen LogP contribution in [0, 0.1) is 12.3 Å². The Hall–Kier alpha value is -3.22. The van der Waals surface area contributed by atoms with Gasteiger partial charge in [-0.15, -0.1) is 0 Å². The number of amides is 1. The summed E-state index contributed by atoms with van der Waals surface area (Å²) in [5.41, 5.74) is 11.5. The molecule has 0 aliphatic carbocycles. The van der Waals surface area contributed by atoms with Crippen LogP contribution in [-0.4, -0.2) is 39.5 Å². The molecule has 0 radical (unpaired) electrons. The monoisotopic (exact) mass is 475 g/mol. The number of hydrogen-bond donors (Lipinski definition) is 4. The van der Waals surface area contributed by atoms with Crippen LogP contribution in [0.2, 0.25) is 0 Å². The lowest BCUT2D eigenvalue weighted by atomic mass is 9.70. The summed E-state index contributed by atoms with van der Waals surface area (Å²) >= 11 is 0. The maximum atomic E-state index is 11.4. The number of nitrogens with two attached hydrogens (primary N) is 1. The van der Waals surface area contributed by atoms with Crippen LogP contribution in [0.3, 0.4) is 0 Å². The van der Waals surface area contributed by atoms with Crippen molar-refractivity contribution < 1.29 is 15.0 Å². The number of aromatic nitrogens is 1. The molecule has 6 nitrogen and oxygen atoms in total. The Morgan fingerprint density at radius 1 is 1.03 bits per heavy atom. The fraction of sp³-hybridized carbons (Fsp3) is 0.379. The van der Waals surface area contributed by atoms with Crippen molar-refractivity contribution in [3.8, 4) is 11.3 Å². The van der Waals surface area contributed by atoms with E-state index in [1.165, 1.54) is 0 Å². The van der Waals surface area contributed by atoms with E-state index in [0.29, 0.717) is 6.42 Å². The standard InChI is InChI=1S/C29H37N3O3/c1-19-10-15-24(31-18-19)21-11-13-22(14-12-21)26(29(2,3)4)27(30)25(33)17-23(32-28(34)35)16-20-8-6-5-7-9-20/h5-15,18,23,25-27,32-33H,16-17,30H2,1-4H3,(H,34,35)/t23-,25-,26?,27+/m0/s1. The highest BCUT2D eigenvalue weighted by Gasteiger charge is 2.36. The zero-order chi connectivity index (χ0) is 25.6. The Morgan fingerprint density at radius 2 is 1.69 bits per heavy atom. The van der Waals surface area contributed by atoms with Crippen molar-refractivity contribution in [2.75, 3.05) is 0 Å². The van der Waals surface area contributed by atoms with Gasteiger partial charge in [-0.05, 0) is 47.9 Å². The van der Waals surface area contributed by atoms with Gasteiger partial charge in [-0.1, -0.05) is 81.4 Å². The average molecular weight is 476 g/mol. The van der Waals surface area contributed by atoms with Crippen molar-refractivity contribution in [1.29, 1.82) is 0 Å². The number of carbonyl (C=O) groups is 1. The molecule has 0 saturated carbocycles. The van der Waals surface area contributed by atoms with Gasteiger partial charge in [0, 0.05) is 29.8 Å². The molecule has 0 aliphatic heterocycles. The maximum Gasteiger partial charge on any atom is 0.404 e. The van der Waals surface area contributed by atoms with Gasteiger partial charge in [0.15, 0.2) is 0 Å². The molecule has 0 fully saturated rings. The van der Waals surface area contributed by atoms with E-state index in [2.05, 4.69) is 43.2 Å². The zero-order valence-corrected chi connectivity index (χ0v) is 21.0. The van der Waals surface area contributed by atoms with Gasteiger partial charge >= 0.3 is 6.09 Å². The predicted octanol–water partition coefficient (Wildman–Crippen LogP) is 5.14. The Kier molecular flexibility index (Phi) is 8.65. The van der Waals surface area contributed by atoms with Gasteiger partial charge in [0.2, 0.25) is 0 Å². The normalized spacial score (nSPS) is 15.1. The molecule has 4 atom stereocenters. The van der Waals surface area contributed by atoms with Crippen LogP contribution < -0.4 is 11.1 Å². The molecule has 1 aromatic heterocycles. The summed E-state index contributed by atoms with van der Waals surface area (Å²) in [5, 5.41) is 23.1. The first kappa shape index (κ1) is 26.4. The van der Waals surface area contributed by atoms with E-state index >= 15 is 0 Å². The van der Waals surface area contributed by atoms with Gasteiger partial charge in [-0.3, -0.25) is 4.98 Å². The zero-order valence-electron chi connectivity index (χ0n) is 21.0. The van der Waals surface area contributed by atoms with Gasteiger partial charge in [-0.2, -0.15) is 0 Å². The van der Waals surface area contributed by atoms with Crippen molar-refractivity contribution in [1.82, 2.24) is 10.3 Å². The quantitative estimate of drug-likeness (QED) is 0.342. The number of nitrogens with zero attached hydrogens (tertiary/aromatic N) is 1. The molecule has 186 valence electrons. The molecule has 0 saturated heterocycles. The Balaban J connectivity index is 1.79. The van der Waals surface area contributed by atoms with E-state index < -0.39 is 24.3 Å². The van der Waals surface area contributed by atoms with Crippen LogP contribution in [-0.2, 0) is 6.42 Å². The third-order valence-electron chi connectivity index (χ3n) is 6.42. The summed E-state index contributed by atoms with van der Waals surface area (Å²) in [6, 6.07) is 20.8. The molecule has 0 aliphatic rings. The van der Waals surface area contributed by atoms with E-state index in [1.807, 2.05) is 67.7 Å². The average Bonchev–Trinajstić information content (AvgIpc) is 2.79. The number of aliphatic hydroxyl groups excluding tert-OH is 1. The van der Waals surface area contributed by atoms with Gasteiger partial charge in [0.1, 0.15) is 0 Å². The van der Waals surface area contributed by atoms with Crippen molar-refractivity contribution in [2.24, 2.45) is 11.1 Å². The molecule has 0 spiro atoms. The molecule has 1 unspecified atom stereocenters. The molecule has 5 N–H and O–H groups in total. The molecular weight excluding hydrogens is 438 g/mol. The van der Waals surface area contributed by atoms with E-state index in [0.717, 1.165) is 27.9 Å². The molecule has 35 heavy (non-hydrogen) atoms. The molecule has 1 heterocycles. The van der Waals surface area contributed by atoms with Crippen LogP contribution in [0.1, 0.15) is 49.8 Å². The molecule has 6 heteroatoms. The lowest BCUT2D eigenvalue weighted by molar-refractivity contribution is 0.0874. The molecule has 2 aromatic carbocycles. The first-order valence-electron chi connectivity index (χ1n) is 12.0. The van der Waals surface area contributed by atoms with E-state index in [1.54, 1.807) is 0 Å². The minimum Gasteiger partial charge on any atom is -0.465 e. The highest BCUT2D eigenvalue weighted by molar-refractivity contribution is 5.65. The van der Waals surface area contributed by atoms with Crippen molar-refractivity contribution in [3.05, 3.63) is 89.6 Å². The summed E-state index contributed by atoms with van der Waals surface area (Å²) in [4.78, 5) is 15.9. The molecule has 1 amide bonds. The smallest absolute Gasteiger partial charge is 0.404 e. The minimum atomic E-state index is -1.11. The van der Waals surface area contributed by atoms with Crippen LogP contribution >= 0.6 is 0 Å². The summed E-state index contributed by atoms with van der Waals surface area (Å²) in [6.07, 6.45) is 0.553. The number of hydrogen-bond acceptors (Lipinski definition) is 4. The van der Waals surface area contributed by atoms with Crippen LogP contribution in [0.25, 0.3) is 11.3 Å². The number of benzene rings is 2. The number of aliphatic hydroxyl groups is 1. The molecule has 3 aromatic rings. The molecule has 0 bridgehead atoms. The largest absolute Gasteiger partial charge is 0.465 e. The number of carboxylic acid groups (broad SMARTS) is 1. The van der Waals surface area contributed by atoms with E-state index in [9.17, 15) is 15.0 Å². The topological polar surface area (TPSA) is 108 Å². The summed E-state index contributed by atoms with van der Waals surface area (Å²) in [7, 11) is 0. The van der Waals surface area contributed by atoms with Crippen LogP contribution in [0.4, 0.5) is 4.79 Å². The fourth-order valence-electron chi connectivity index (χ4n) is 4.74. The van der Waals surface area contributed by atoms with E-state index in [4.69, 9.17) is 5.73 Å². The van der Waals surface area contributed by atoms with Gasteiger partial charge in [0.25, 0.3) is 0 Å². The second-order valence-corrected chi connectivity index (χ2v) is 10.4. The number of pyridine rings is 1. The van der Waals surface area contributed by atoms with Gasteiger partial charge in [0.05, 0.1) is 11.8 Å². The Bertz CT molecular complexity index is 1080. The summed E-state index contributed by atoms with van der Waals surface area (Å²) in [5.74, 6) is -0.139. The van der Waals surface area contributed by atoms with E-state index in [-0.39, 0.29) is 17.8 Å². The predicted molar refractivity (Wildman–Crippen MR) is 140 cm³/mol. The lowest BCUT2D eigenvalue weighted by Gasteiger charge is -2.38. The summed E-state index contributed by atoms with van der Waals surface area (Å²) < 4.78 is 0. The van der Waals surface area contributed by atoms with Crippen molar-refractivity contribution in [2.45, 2.75) is 64.6 Å². The highest BCUT2D eigenvalue weighted by atomic mass is 16.4. The second-order valence-electron chi connectivity index (χ2n) is 10.4. The summed E-state index contributed by atoms with van der Waals surface area (Å²) in [6.45, 7) is 8.33. The first-order valence-corrected chi connectivity index (χ1v) is 12.0. The van der Waals surface area contributed by atoms with Crippen LogP contribution in [0.15, 0.2) is 72.9 Å². The second kappa shape index (κ2) is 11.5. The third-order valence-corrected chi connectivity index (χ3v) is 6.42. The highest BCUT2D eigenvalue weighted by Crippen LogP contribution is 2.39. The first-order chi connectivity index (χ1) is 16.5. The fourth-order valence-corrected chi connectivity index (χ4v) is 4.74. The Labute approximate surface area is 208 Å². The lowest BCUT2D eigenvalue weighted by Crippen LogP contribution is -2.48. The number of rotatable bonds is 9. The molecule has 3 rings (SSSR count). The van der Waals surface area contributed by atoms with Gasteiger partial charge < -0.3 is 21.3 Å². The maximum absolute atomic E-state index is 11.4. The third kappa shape index (κ3) is 7.38. The Morgan fingerprint density at radius 3 is 2.23 bits per heavy atom. The van der Waals surface area contributed by atoms with Crippen molar-refractivity contribution in [3.63, 3.8) is 0 Å². The SMILES string of the molecule is Cc1ccc(-c2ccc(C([C@H](N)[C@@H](O)C[C@H](Cc3ccccc3)NC(=O)O)C(C)(C)C)cc2)nc1. The van der Waals surface area contributed by atoms with Gasteiger partial charge in [-0.25, -0.2) is 4.79 Å². The number of nitrogens with one attached hydrogen (secondary N) is 1. The van der Waals surface area contributed by atoms with Crippen molar-refractivity contribution >= 4 is 6.09 Å². The molecular formula is C29H37N3O3. The number of aryl methyl sites for hydroxylation is 1. The van der Waals surface area contributed by atoms with Crippen LogP contribution in [0.5, 0.6) is 0 Å².